The van der Waals surface area contributed by atoms with Crippen molar-refractivity contribution in [2.45, 2.75) is 29.5 Å². The van der Waals surface area contributed by atoms with Crippen LogP contribution in [-0.4, -0.2) is 14.8 Å². The molecule has 0 bridgehead atoms. The highest BCUT2D eigenvalue weighted by molar-refractivity contribution is 9.09. The molecule has 0 amide bonds. The highest BCUT2D eigenvalue weighted by Crippen LogP contribution is 2.54. The number of hydrogen-bond acceptors (Lipinski definition) is 1. The van der Waals surface area contributed by atoms with Crippen LogP contribution in [0.5, 0.6) is 0 Å². The van der Waals surface area contributed by atoms with Crippen molar-refractivity contribution >= 4 is 15.9 Å². The van der Waals surface area contributed by atoms with E-state index in [0.717, 1.165) is 12.2 Å². The SMILES string of the molecule is BrC(Cc1ncc[nH]1)C1(c2ccccc2)CC1. The van der Waals surface area contributed by atoms with Crippen LogP contribution in [0.15, 0.2) is 42.7 Å². The molecular weight excluding hydrogens is 276 g/mol. The van der Waals surface area contributed by atoms with Gasteiger partial charge in [0.05, 0.1) is 0 Å². The summed E-state index contributed by atoms with van der Waals surface area (Å²) in [4.78, 5) is 7.95. The zero-order valence-corrected chi connectivity index (χ0v) is 11.2. The molecule has 3 heteroatoms. The lowest BCUT2D eigenvalue weighted by molar-refractivity contribution is 0.634. The maximum absolute atomic E-state index is 4.31. The van der Waals surface area contributed by atoms with Gasteiger partial charge in [0.1, 0.15) is 5.82 Å². The van der Waals surface area contributed by atoms with Crippen molar-refractivity contribution in [3.8, 4) is 0 Å². The van der Waals surface area contributed by atoms with Crippen LogP contribution in [0.1, 0.15) is 24.2 Å². The molecule has 1 unspecified atom stereocenters. The van der Waals surface area contributed by atoms with Crippen molar-refractivity contribution in [3.05, 3.63) is 54.1 Å². The molecule has 0 radical (unpaired) electrons. The summed E-state index contributed by atoms with van der Waals surface area (Å²) in [5.74, 6) is 1.06. The third-order valence-corrected chi connectivity index (χ3v) is 4.86. The van der Waals surface area contributed by atoms with E-state index in [1.54, 1.807) is 0 Å². The molecule has 17 heavy (non-hydrogen) atoms. The minimum absolute atomic E-state index is 0.327. The van der Waals surface area contributed by atoms with Crippen LogP contribution in [0, 0.1) is 0 Å². The van der Waals surface area contributed by atoms with Gasteiger partial charge in [0.15, 0.2) is 0 Å². The number of alkyl halides is 1. The predicted molar refractivity (Wildman–Crippen MR) is 72.4 cm³/mol. The van der Waals surface area contributed by atoms with Gasteiger partial charge in [-0.05, 0) is 18.4 Å². The molecule has 0 saturated heterocycles. The maximum atomic E-state index is 4.31. The molecule has 1 aromatic carbocycles. The molecule has 1 N–H and O–H groups in total. The van der Waals surface area contributed by atoms with E-state index in [0.29, 0.717) is 10.2 Å². The number of nitrogens with zero attached hydrogens (tertiary/aromatic N) is 1. The summed E-state index contributed by atoms with van der Waals surface area (Å²) >= 11 is 3.86. The van der Waals surface area contributed by atoms with E-state index >= 15 is 0 Å². The predicted octanol–water partition coefficient (Wildman–Crippen LogP) is 3.45. The zero-order chi connectivity index (χ0) is 11.7. The van der Waals surface area contributed by atoms with Crippen molar-refractivity contribution in [3.63, 3.8) is 0 Å². The Morgan fingerprint density at radius 3 is 2.65 bits per heavy atom. The topological polar surface area (TPSA) is 28.7 Å². The lowest BCUT2D eigenvalue weighted by Gasteiger charge is -2.21. The van der Waals surface area contributed by atoms with Gasteiger partial charge in [0, 0.05) is 29.1 Å². The number of benzene rings is 1. The highest BCUT2D eigenvalue weighted by atomic mass is 79.9. The van der Waals surface area contributed by atoms with Gasteiger partial charge in [-0.1, -0.05) is 46.3 Å². The number of nitrogens with one attached hydrogen (secondary N) is 1. The van der Waals surface area contributed by atoms with Crippen LogP contribution >= 0.6 is 15.9 Å². The monoisotopic (exact) mass is 290 g/mol. The normalized spacial score (nSPS) is 18.9. The fourth-order valence-corrected chi connectivity index (χ4v) is 3.49. The first-order chi connectivity index (χ1) is 8.31. The summed E-state index contributed by atoms with van der Waals surface area (Å²) in [6, 6.07) is 10.8. The first kappa shape index (κ1) is 11.0. The molecule has 88 valence electrons. The second kappa shape index (κ2) is 4.30. The van der Waals surface area contributed by atoms with Gasteiger partial charge < -0.3 is 4.98 Å². The average molecular weight is 291 g/mol. The third-order valence-electron chi connectivity index (χ3n) is 3.66. The number of aromatic nitrogens is 2. The first-order valence-electron chi connectivity index (χ1n) is 5.99. The van der Waals surface area contributed by atoms with Crippen LogP contribution in [0.2, 0.25) is 0 Å². The molecule has 3 rings (SSSR count). The molecule has 1 saturated carbocycles. The van der Waals surface area contributed by atoms with E-state index in [1.165, 1.54) is 18.4 Å². The van der Waals surface area contributed by atoms with Crippen molar-refractivity contribution in [2.24, 2.45) is 0 Å². The standard InChI is InChI=1S/C14H15BrN2/c15-12(10-13-16-8-9-17-13)14(6-7-14)11-4-2-1-3-5-11/h1-5,8-9,12H,6-7,10H2,(H,16,17). The van der Waals surface area contributed by atoms with Gasteiger partial charge in [-0.25, -0.2) is 4.98 Å². The summed E-state index contributed by atoms with van der Waals surface area (Å²) < 4.78 is 0. The van der Waals surface area contributed by atoms with Crippen LogP contribution in [0.25, 0.3) is 0 Å². The van der Waals surface area contributed by atoms with E-state index in [4.69, 9.17) is 0 Å². The second-order valence-electron chi connectivity index (χ2n) is 4.73. The lowest BCUT2D eigenvalue weighted by Crippen LogP contribution is -2.23. The van der Waals surface area contributed by atoms with Crippen LogP contribution in [-0.2, 0) is 11.8 Å². The van der Waals surface area contributed by atoms with Crippen LogP contribution < -0.4 is 0 Å². The number of H-pyrrole nitrogens is 1. The first-order valence-corrected chi connectivity index (χ1v) is 6.91. The van der Waals surface area contributed by atoms with Gasteiger partial charge in [-0.15, -0.1) is 0 Å². The van der Waals surface area contributed by atoms with Gasteiger partial charge >= 0.3 is 0 Å². The van der Waals surface area contributed by atoms with Crippen LogP contribution in [0.3, 0.4) is 0 Å². The maximum Gasteiger partial charge on any atom is 0.107 e. The number of aromatic amines is 1. The summed E-state index contributed by atoms with van der Waals surface area (Å²) in [7, 11) is 0. The molecular formula is C14H15BrN2. The minimum atomic E-state index is 0.327. The van der Waals surface area contributed by atoms with E-state index in [9.17, 15) is 0 Å². The Morgan fingerprint density at radius 1 is 1.29 bits per heavy atom. The van der Waals surface area contributed by atoms with E-state index in [2.05, 4.69) is 56.2 Å². The summed E-state index contributed by atoms with van der Waals surface area (Å²) in [6.07, 6.45) is 7.21. The number of halogens is 1. The van der Waals surface area contributed by atoms with Gasteiger partial charge in [0.2, 0.25) is 0 Å². The van der Waals surface area contributed by atoms with Crippen molar-refractivity contribution in [1.82, 2.24) is 9.97 Å². The smallest absolute Gasteiger partial charge is 0.107 e. The highest BCUT2D eigenvalue weighted by Gasteiger charge is 2.49. The molecule has 0 aliphatic heterocycles. The van der Waals surface area contributed by atoms with Gasteiger partial charge in [0.25, 0.3) is 0 Å². The summed E-state index contributed by atoms with van der Waals surface area (Å²) in [6.45, 7) is 0. The summed E-state index contributed by atoms with van der Waals surface area (Å²) in [5.41, 5.74) is 1.78. The second-order valence-corrected chi connectivity index (χ2v) is 5.84. The van der Waals surface area contributed by atoms with E-state index < -0.39 is 0 Å². The van der Waals surface area contributed by atoms with Crippen molar-refractivity contribution in [1.29, 1.82) is 0 Å². The molecule has 0 spiro atoms. The average Bonchev–Trinajstić information content (AvgIpc) is 3.04. The van der Waals surface area contributed by atoms with Crippen LogP contribution in [0.4, 0.5) is 0 Å². The fraction of sp³-hybridized carbons (Fsp3) is 0.357. The Morgan fingerprint density at radius 2 is 2.06 bits per heavy atom. The lowest BCUT2D eigenvalue weighted by atomic mass is 9.91. The molecule has 1 heterocycles. The third kappa shape index (κ3) is 2.04. The quantitative estimate of drug-likeness (QED) is 0.859. The molecule has 2 nitrogen and oxygen atoms in total. The Kier molecular flexibility index (Phi) is 2.79. The molecule has 1 aliphatic rings. The Hall–Kier alpha value is -1.09. The van der Waals surface area contributed by atoms with Crippen molar-refractivity contribution < 1.29 is 0 Å². The molecule has 1 fully saturated rings. The Labute approximate surface area is 110 Å². The molecule has 1 aliphatic carbocycles. The fourth-order valence-electron chi connectivity index (χ4n) is 2.46. The van der Waals surface area contributed by atoms with Crippen molar-refractivity contribution in [2.75, 3.05) is 0 Å². The Balaban J connectivity index is 1.80. The minimum Gasteiger partial charge on any atom is -0.349 e. The van der Waals surface area contributed by atoms with E-state index in [1.807, 2.05) is 12.4 Å². The summed E-state index contributed by atoms with van der Waals surface area (Å²) in [5, 5.41) is 0. The van der Waals surface area contributed by atoms with Gasteiger partial charge in [-0.2, -0.15) is 0 Å². The number of imidazole rings is 1. The van der Waals surface area contributed by atoms with Gasteiger partial charge in [-0.3, -0.25) is 0 Å². The largest absolute Gasteiger partial charge is 0.349 e. The molecule has 2 aromatic rings. The number of hydrogen-bond donors (Lipinski definition) is 1. The zero-order valence-electron chi connectivity index (χ0n) is 9.57. The molecule has 1 aromatic heterocycles. The molecule has 1 atom stereocenters. The van der Waals surface area contributed by atoms with E-state index in [-0.39, 0.29) is 0 Å². The Bertz CT molecular complexity index is 474. The number of rotatable bonds is 4.